The Bertz CT molecular complexity index is 477. The number of fused-ring (bicyclic) bond motifs is 1. The number of ether oxygens (including phenoxy) is 2. The van der Waals surface area contributed by atoms with E-state index < -0.39 is 6.04 Å². The van der Waals surface area contributed by atoms with Gasteiger partial charge in [-0.1, -0.05) is 20.8 Å². The second-order valence-corrected chi connectivity index (χ2v) is 5.92. The average molecular weight is 263 g/mol. The maximum atomic E-state index is 12.3. The second kappa shape index (κ2) is 5.21. The van der Waals surface area contributed by atoms with E-state index in [1.807, 2.05) is 20.8 Å². The Balaban J connectivity index is 2.27. The molecule has 104 valence electrons. The summed E-state index contributed by atoms with van der Waals surface area (Å²) in [6.07, 6.45) is 0.847. The highest BCUT2D eigenvalue weighted by molar-refractivity contribution is 6.01. The molecule has 0 aliphatic carbocycles. The molecule has 0 radical (unpaired) electrons. The van der Waals surface area contributed by atoms with Gasteiger partial charge in [0.2, 0.25) is 0 Å². The van der Waals surface area contributed by atoms with Gasteiger partial charge in [-0.25, -0.2) is 0 Å². The molecule has 0 bridgehead atoms. The Labute approximate surface area is 113 Å². The standard InChI is InChI=1S/C15H21NO3/c1-15(2,3)14(16)13(17)10-5-6-11-12(9-10)19-8-4-7-18-11/h5-6,9,14H,4,7-8,16H2,1-3H3. The summed E-state index contributed by atoms with van der Waals surface area (Å²) < 4.78 is 11.1. The number of carbonyl (C=O) groups is 1. The molecular formula is C15H21NO3. The lowest BCUT2D eigenvalue weighted by Gasteiger charge is -2.25. The van der Waals surface area contributed by atoms with Crippen LogP contribution in [0.15, 0.2) is 18.2 Å². The Hall–Kier alpha value is -1.55. The van der Waals surface area contributed by atoms with Crippen LogP contribution in [-0.4, -0.2) is 25.0 Å². The normalized spacial score (nSPS) is 16.6. The van der Waals surface area contributed by atoms with E-state index in [9.17, 15) is 4.79 Å². The molecule has 1 heterocycles. The monoisotopic (exact) mass is 263 g/mol. The van der Waals surface area contributed by atoms with Crippen LogP contribution in [0.25, 0.3) is 0 Å². The minimum Gasteiger partial charge on any atom is -0.490 e. The number of hydrogen-bond donors (Lipinski definition) is 1. The molecule has 1 unspecified atom stereocenters. The van der Waals surface area contributed by atoms with E-state index >= 15 is 0 Å². The van der Waals surface area contributed by atoms with Crippen molar-refractivity contribution >= 4 is 5.78 Å². The van der Waals surface area contributed by atoms with Crippen molar-refractivity contribution in [3.8, 4) is 11.5 Å². The van der Waals surface area contributed by atoms with Crippen molar-refractivity contribution in [2.45, 2.75) is 33.2 Å². The first-order valence-electron chi connectivity index (χ1n) is 6.59. The van der Waals surface area contributed by atoms with Gasteiger partial charge >= 0.3 is 0 Å². The summed E-state index contributed by atoms with van der Waals surface area (Å²) in [5.41, 5.74) is 6.32. The molecule has 0 amide bonds. The van der Waals surface area contributed by atoms with Gasteiger partial charge in [-0.2, -0.15) is 0 Å². The fourth-order valence-corrected chi connectivity index (χ4v) is 1.89. The highest BCUT2D eigenvalue weighted by Gasteiger charge is 2.28. The van der Waals surface area contributed by atoms with Gasteiger partial charge in [0.25, 0.3) is 0 Å². The third-order valence-corrected chi connectivity index (χ3v) is 3.25. The summed E-state index contributed by atoms with van der Waals surface area (Å²) in [5, 5.41) is 0. The van der Waals surface area contributed by atoms with E-state index in [-0.39, 0.29) is 11.2 Å². The van der Waals surface area contributed by atoms with Crippen molar-refractivity contribution in [1.29, 1.82) is 0 Å². The lowest BCUT2D eigenvalue weighted by atomic mass is 9.83. The highest BCUT2D eigenvalue weighted by atomic mass is 16.5. The predicted molar refractivity (Wildman–Crippen MR) is 73.8 cm³/mol. The van der Waals surface area contributed by atoms with Crippen molar-refractivity contribution in [2.24, 2.45) is 11.1 Å². The van der Waals surface area contributed by atoms with Gasteiger partial charge in [0.1, 0.15) is 0 Å². The van der Waals surface area contributed by atoms with Crippen LogP contribution in [-0.2, 0) is 0 Å². The molecule has 0 aromatic heterocycles. The zero-order chi connectivity index (χ0) is 14.0. The number of rotatable bonds is 2. The second-order valence-electron chi connectivity index (χ2n) is 5.92. The first kappa shape index (κ1) is 13.9. The molecule has 1 aromatic carbocycles. The maximum Gasteiger partial charge on any atom is 0.180 e. The van der Waals surface area contributed by atoms with Gasteiger partial charge < -0.3 is 15.2 Å². The van der Waals surface area contributed by atoms with Gasteiger partial charge in [-0.3, -0.25) is 4.79 Å². The molecule has 0 saturated carbocycles. The number of ketones is 1. The Morgan fingerprint density at radius 3 is 2.47 bits per heavy atom. The summed E-state index contributed by atoms with van der Waals surface area (Å²) in [5.74, 6) is 1.26. The summed E-state index contributed by atoms with van der Waals surface area (Å²) in [6.45, 7) is 7.12. The van der Waals surface area contributed by atoms with Crippen LogP contribution in [0.4, 0.5) is 0 Å². The largest absolute Gasteiger partial charge is 0.490 e. The fourth-order valence-electron chi connectivity index (χ4n) is 1.89. The minimum absolute atomic E-state index is 0.0665. The van der Waals surface area contributed by atoms with Crippen molar-refractivity contribution in [1.82, 2.24) is 0 Å². The molecular weight excluding hydrogens is 242 g/mol. The van der Waals surface area contributed by atoms with Crippen molar-refractivity contribution in [3.05, 3.63) is 23.8 Å². The van der Waals surface area contributed by atoms with Crippen LogP contribution in [0.5, 0.6) is 11.5 Å². The molecule has 4 heteroatoms. The van der Waals surface area contributed by atoms with Crippen LogP contribution < -0.4 is 15.2 Å². The van der Waals surface area contributed by atoms with Gasteiger partial charge in [-0.15, -0.1) is 0 Å². The van der Waals surface area contributed by atoms with Crippen LogP contribution >= 0.6 is 0 Å². The lowest BCUT2D eigenvalue weighted by molar-refractivity contribution is 0.0901. The minimum atomic E-state index is -0.530. The topological polar surface area (TPSA) is 61.6 Å². The van der Waals surface area contributed by atoms with Crippen molar-refractivity contribution < 1.29 is 14.3 Å². The van der Waals surface area contributed by atoms with Crippen LogP contribution in [0.3, 0.4) is 0 Å². The molecule has 1 aromatic rings. The quantitative estimate of drug-likeness (QED) is 0.832. The fraction of sp³-hybridized carbons (Fsp3) is 0.533. The van der Waals surface area contributed by atoms with E-state index in [0.717, 1.165) is 6.42 Å². The maximum absolute atomic E-state index is 12.3. The van der Waals surface area contributed by atoms with Gasteiger partial charge in [-0.05, 0) is 23.6 Å². The van der Waals surface area contributed by atoms with Crippen molar-refractivity contribution in [3.63, 3.8) is 0 Å². The zero-order valence-corrected chi connectivity index (χ0v) is 11.7. The van der Waals surface area contributed by atoms with Gasteiger partial charge in [0, 0.05) is 12.0 Å². The summed E-state index contributed by atoms with van der Waals surface area (Å²) in [4.78, 5) is 12.3. The van der Waals surface area contributed by atoms with E-state index in [0.29, 0.717) is 30.3 Å². The molecule has 2 N–H and O–H groups in total. The predicted octanol–water partition coefficient (Wildman–Crippen LogP) is 2.40. The van der Waals surface area contributed by atoms with E-state index in [1.165, 1.54) is 0 Å². The smallest absolute Gasteiger partial charge is 0.180 e. The van der Waals surface area contributed by atoms with Gasteiger partial charge in [0.05, 0.1) is 19.3 Å². The lowest BCUT2D eigenvalue weighted by Crippen LogP contribution is -2.42. The Kier molecular flexibility index (Phi) is 3.80. The SMILES string of the molecule is CC(C)(C)C(N)C(=O)c1ccc2c(c1)OCCCO2. The molecule has 2 rings (SSSR count). The molecule has 0 fully saturated rings. The summed E-state index contributed by atoms with van der Waals surface area (Å²) in [6, 6.07) is 4.73. The first-order chi connectivity index (χ1) is 8.89. The van der Waals surface area contributed by atoms with E-state index in [1.54, 1.807) is 18.2 Å². The number of carbonyl (C=O) groups excluding carboxylic acids is 1. The first-order valence-corrected chi connectivity index (χ1v) is 6.59. The molecule has 4 nitrogen and oxygen atoms in total. The van der Waals surface area contributed by atoms with Crippen LogP contribution in [0, 0.1) is 5.41 Å². The molecule has 0 saturated heterocycles. The number of nitrogens with two attached hydrogens (primary N) is 1. The third-order valence-electron chi connectivity index (χ3n) is 3.25. The average Bonchev–Trinajstić information content (AvgIpc) is 2.60. The number of Topliss-reactive ketones (excluding diaryl/α,β-unsaturated/α-hetero) is 1. The molecule has 1 atom stereocenters. The molecule has 1 aliphatic rings. The third kappa shape index (κ3) is 3.07. The number of hydrogen-bond acceptors (Lipinski definition) is 4. The van der Waals surface area contributed by atoms with E-state index in [4.69, 9.17) is 15.2 Å². The van der Waals surface area contributed by atoms with Crippen molar-refractivity contribution in [2.75, 3.05) is 13.2 Å². The van der Waals surface area contributed by atoms with E-state index in [2.05, 4.69) is 0 Å². The number of benzene rings is 1. The molecule has 19 heavy (non-hydrogen) atoms. The zero-order valence-electron chi connectivity index (χ0n) is 11.7. The van der Waals surface area contributed by atoms with Crippen LogP contribution in [0.1, 0.15) is 37.6 Å². The summed E-state index contributed by atoms with van der Waals surface area (Å²) >= 11 is 0. The Morgan fingerprint density at radius 2 is 1.84 bits per heavy atom. The summed E-state index contributed by atoms with van der Waals surface area (Å²) in [7, 11) is 0. The molecule has 1 aliphatic heterocycles. The highest BCUT2D eigenvalue weighted by Crippen LogP contribution is 2.31. The van der Waals surface area contributed by atoms with Crippen LogP contribution in [0.2, 0.25) is 0 Å². The molecule has 0 spiro atoms. The Morgan fingerprint density at radius 1 is 1.21 bits per heavy atom. The van der Waals surface area contributed by atoms with Gasteiger partial charge in [0.15, 0.2) is 17.3 Å².